The van der Waals surface area contributed by atoms with Crippen LogP contribution in [0.25, 0.3) is 0 Å². The van der Waals surface area contributed by atoms with Gasteiger partial charge in [-0.2, -0.15) is 5.26 Å². The number of aryl methyl sites for hydroxylation is 1. The molecule has 16 heavy (non-hydrogen) atoms. The summed E-state index contributed by atoms with van der Waals surface area (Å²) in [6.07, 6.45) is 0. The molecule has 0 fully saturated rings. The second kappa shape index (κ2) is 4.82. The van der Waals surface area contributed by atoms with Gasteiger partial charge in [0.1, 0.15) is 5.03 Å². The maximum atomic E-state index is 8.87. The van der Waals surface area contributed by atoms with Crippen LogP contribution < -0.4 is 0 Å². The molecular weight excluding hydrogens is 216 g/mol. The Labute approximate surface area is 99.0 Å². The second-order valence-electron chi connectivity index (χ2n) is 3.36. The fraction of sp³-hybridized carbons (Fsp3) is 0.0769. The number of benzene rings is 1. The lowest BCUT2D eigenvalue weighted by Crippen LogP contribution is -1.87. The molecule has 0 spiro atoms. The van der Waals surface area contributed by atoms with Gasteiger partial charge in [-0.25, -0.2) is 4.98 Å². The van der Waals surface area contributed by atoms with E-state index in [4.69, 9.17) is 5.26 Å². The molecule has 3 heteroatoms. The molecule has 0 N–H and O–H groups in total. The zero-order chi connectivity index (χ0) is 11.4. The van der Waals surface area contributed by atoms with Crippen LogP contribution in [0.1, 0.15) is 11.3 Å². The summed E-state index contributed by atoms with van der Waals surface area (Å²) < 4.78 is 0. The van der Waals surface area contributed by atoms with Crippen LogP contribution in [0.15, 0.2) is 52.4 Å². The zero-order valence-electron chi connectivity index (χ0n) is 8.84. The molecule has 0 aliphatic rings. The van der Waals surface area contributed by atoms with Gasteiger partial charge in [-0.05, 0) is 31.2 Å². The van der Waals surface area contributed by atoms with Gasteiger partial charge in [0.25, 0.3) is 0 Å². The highest BCUT2D eigenvalue weighted by atomic mass is 32.2. The van der Waals surface area contributed by atoms with E-state index in [0.29, 0.717) is 5.56 Å². The summed E-state index contributed by atoms with van der Waals surface area (Å²) in [5.74, 6) is 0. The minimum Gasteiger partial charge on any atom is -0.246 e. The second-order valence-corrected chi connectivity index (χ2v) is 4.46. The number of hydrogen-bond acceptors (Lipinski definition) is 3. The maximum absolute atomic E-state index is 8.87. The van der Waals surface area contributed by atoms with E-state index in [1.165, 1.54) is 0 Å². The Bertz CT molecular complexity index is 529. The highest BCUT2D eigenvalue weighted by Crippen LogP contribution is 2.26. The maximum Gasteiger partial charge on any atom is 0.102 e. The molecular formula is C13H10N2S. The van der Waals surface area contributed by atoms with E-state index in [1.807, 2.05) is 43.3 Å². The molecule has 0 atom stereocenters. The lowest BCUT2D eigenvalue weighted by molar-refractivity contribution is 1.06. The Morgan fingerprint density at radius 2 is 1.94 bits per heavy atom. The molecule has 0 saturated heterocycles. The van der Waals surface area contributed by atoms with Crippen LogP contribution >= 0.6 is 11.8 Å². The van der Waals surface area contributed by atoms with Gasteiger partial charge in [-0.15, -0.1) is 0 Å². The standard InChI is InChI=1S/C13H10N2S/c1-10-7-11(9-14)8-13(15-10)16-12-5-3-2-4-6-12/h2-8H,1H3. The third-order valence-electron chi connectivity index (χ3n) is 2.02. The van der Waals surface area contributed by atoms with Crippen LogP contribution in [0.2, 0.25) is 0 Å². The van der Waals surface area contributed by atoms with Crippen molar-refractivity contribution >= 4 is 11.8 Å². The van der Waals surface area contributed by atoms with Crippen molar-refractivity contribution in [2.75, 3.05) is 0 Å². The van der Waals surface area contributed by atoms with Crippen LogP contribution in [0.4, 0.5) is 0 Å². The Hall–Kier alpha value is -1.79. The average molecular weight is 226 g/mol. The normalized spacial score (nSPS) is 9.75. The first-order chi connectivity index (χ1) is 7.78. The molecule has 2 nitrogen and oxygen atoms in total. The van der Waals surface area contributed by atoms with E-state index in [1.54, 1.807) is 17.8 Å². The van der Waals surface area contributed by atoms with Gasteiger partial charge < -0.3 is 0 Å². The van der Waals surface area contributed by atoms with Crippen LogP contribution in [0.3, 0.4) is 0 Å². The molecule has 0 aliphatic carbocycles. The monoisotopic (exact) mass is 226 g/mol. The topological polar surface area (TPSA) is 36.7 Å². The summed E-state index contributed by atoms with van der Waals surface area (Å²) in [6, 6.07) is 15.8. The third-order valence-corrected chi connectivity index (χ3v) is 2.95. The first-order valence-electron chi connectivity index (χ1n) is 4.89. The lowest BCUT2D eigenvalue weighted by Gasteiger charge is -2.02. The van der Waals surface area contributed by atoms with Crippen molar-refractivity contribution in [3.63, 3.8) is 0 Å². The van der Waals surface area contributed by atoms with Gasteiger partial charge in [-0.1, -0.05) is 30.0 Å². The molecule has 2 aromatic rings. The molecule has 0 bridgehead atoms. The Morgan fingerprint density at radius 3 is 2.62 bits per heavy atom. The SMILES string of the molecule is Cc1cc(C#N)cc(Sc2ccccc2)n1. The fourth-order valence-electron chi connectivity index (χ4n) is 1.36. The number of nitrogens with zero attached hydrogens (tertiary/aromatic N) is 2. The van der Waals surface area contributed by atoms with E-state index in [2.05, 4.69) is 11.1 Å². The molecule has 2 rings (SSSR count). The Morgan fingerprint density at radius 1 is 1.19 bits per heavy atom. The number of hydrogen-bond donors (Lipinski definition) is 0. The minimum atomic E-state index is 0.658. The van der Waals surface area contributed by atoms with Crippen LogP contribution in [-0.2, 0) is 0 Å². The summed E-state index contributed by atoms with van der Waals surface area (Å²) in [5, 5.41) is 9.73. The predicted octanol–water partition coefficient (Wildman–Crippen LogP) is 3.41. The highest BCUT2D eigenvalue weighted by molar-refractivity contribution is 7.99. The van der Waals surface area contributed by atoms with Gasteiger partial charge in [-0.3, -0.25) is 0 Å². The van der Waals surface area contributed by atoms with Gasteiger partial charge in [0.15, 0.2) is 0 Å². The van der Waals surface area contributed by atoms with Crippen molar-refractivity contribution in [1.29, 1.82) is 5.26 Å². The van der Waals surface area contributed by atoms with Crippen molar-refractivity contribution in [3.05, 3.63) is 53.7 Å². The first-order valence-corrected chi connectivity index (χ1v) is 5.71. The average Bonchev–Trinajstić information content (AvgIpc) is 2.29. The van der Waals surface area contributed by atoms with E-state index in [-0.39, 0.29) is 0 Å². The van der Waals surface area contributed by atoms with E-state index < -0.39 is 0 Å². The molecule has 0 radical (unpaired) electrons. The number of rotatable bonds is 2. The van der Waals surface area contributed by atoms with Crippen LogP contribution in [0, 0.1) is 18.3 Å². The van der Waals surface area contributed by atoms with E-state index in [9.17, 15) is 0 Å². The Balaban J connectivity index is 2.29. The molecule has 0 amide bonds. The summed E-state index contributed by atoms with van der Waals surface area (Å²) in [7, 11) is 0. The molecule has 78 valence electrons. The quantitative estimate of drug-likeness (QED) is 0.787. The first kappa shape index (κ1) is 10.7. The van der Waals surface area contributed by atoms with Crippen LogP contribution in [0.5, 0.6) is 0 Å². The smallest absolute Gasteiger partial charge is 0.102 e. The number of nitriles is 1. The highest BCUT2D eigenvalue weighted by Gasteiger charge is 2.01. The van der Waals surface area contributed by atoms with E-state index >= 15 is 0 Å². The molecule has 1 aromatic carbocycles. The summed E-state index contributed by atoms with van der Waals surface area (Å²) in [4.78, 5) is 5.52. The Kier molecular flexibility index (Phi) is 3.23. The van der Waals surface area contributed by atoms with Crippen LogP contribution in [-0.4, -0.2) is 4.98 Å². The van der Waals surface area contributed by atoms with Crippen molar-refractivity contribution in [1.82, 2.24) is 4.98 Å². The van der Waals surface area contributed by atoms with Gasteiger partial charge in [0.05, 0.1) is 11.6 Å². The van der Waals surface area contributed by atoms with Gasteiger partial charge in [0, 0.05) is 10.6 Å². The number of aromatic nitrogens is 1. The molecule has 1 heterocycles. The molecule has 0 saturated carbocycles. The number of pyridine rings is 1. The summed E-state index contributed by atoms with van der Waals surface area (Å²) in [6.45, 7) is 1.90. The largest absolute Gasteiger partial charge is 0.246 e. The minimum absolute atomic E-state index is 0.658. The van der Waals surface area contributed by atoms with Crippen molar-refractivity contribution in [3.8, 4) is 6.07 Å². The zero-order valence-corrected chi connectivity index (χ0v) is 9.66. The molecule has 0 unspecified atom stereocenters. The van der Waals surface area contributed by atoms with E-state index in [0.717, 1.165) is 15.6 Å². The molecule has 0 aliphatic heterocycles. The van der Waals surface area contributed by atoms with Gasteiger partial charge in [0.2, 0.25) is 0 Å². The third kappa shape index (κ3) is 2.62. The van der Waals surface area contributed by atoms with Crippen molar-refractivity contribution in [2.24, 2.45) is 0 Å². The summed E-state index contributed by atoms with van der Waals surface area (Å²) in [5.41, 5.74) is 1.53. The molecule has 1 aromatic heterocycles. The lowest BCUT2D eigenvalue weighted by atomic mass is 10.2. The van der Waals surface area contributed by atoms with Crippen molar-refractivity contribution < 1.29 is 0 Å². The predicted molar refractivity (Wildman–Crippen MR) is 64.3 cm³/mol. The van der Waals surface area contributed by atoms with Crippen molar-refractivity contribution in [2.45, 2.75) is 16.8 Å². The fourth-order valence-corrected chi connectivity index (χ4v) is 2.27. The van der Waals surface area contributed by atoms with Gasteiger partial charge >= 0.3 is 0 Å². The summed E-state index contributed by atoms with van der Waals surface area (Å²) >= 11 is 1.57.